The monoisotopic (exact) mass is 487 g/mol. The number of ether oxygens (including phenoxy) is 1. The number of hydrazone groups is 1. The van der Waals surface area contributed by atoms with Crippen molar-refractivity contribution in [2.75, 3.05) is 43.5 Å². The van der Waals surface area contributed by atoms with Crippen LogP contribution in [0.3, 0.4) is 0 Å². The van der Waals surface area contributed by atoms with E-state index >= 15 is 0 Å². The van der Waals surface area contributed by atoms with Crippen LogP contribution in [0.25, 0.3) is 17.0 Å². The number of H-pyrrole nitrogens is 1. The molecule has 0 saturated carbocycles. The Hall–Kier alpha value is -4.02. The number of anilines is 2. The first-order chi connectivity index (χ1) is 17.5. The number of rotatable bonds is 6. The van der Waals surface area contributed by atoms with Crippen molar-refractivity contribution in [1.29, 1.82) is 0 Å². The van der Waals surface area contributed by atoms with Gasteiger partial charge < -0.3 is 15.4 Å². The van der Waals surface area contributed by atoms with Crippen molar-refractivity contribution >= 4 is 46.0 Å². The Bertz CT molecular complexity index is 1310. The smallest absolute Gasteiger partial charge is 0.323 e. The van der Waals surface area contributed by atoms with E-state index in [2.05, 4.69) is 42.3 Å². The number of carbonyl (C=O) groups is 2. The van der Waals surface area contributed by atoms with Gasteiger partial charge in [-0.05, 0) is 42.0 Å². The number of amides is 3. The molecule has 10 nitrogen and oxygen atoms in total. The summed E-state index contributed by atoms with van der Waals surface area (Å²) in [5.74, 6) is -0.0370. The Labute approximate surface area is 208 Å². The molecule has 3 amide bonds. The lowest BCUT2D eigenvalue weighted by Gasteiger charge is -2.25. The van der Waals surface area contributed by atoms with Gasteiger partial charge in [0.1, 0.15) is 0 Å². The minimum atomic E-state index is -0.345. The predicted molar refractivity (Wildman–Crippen MR) is 140 cm³/mol. The second-order valence-corrected chi connectivity index (χ2v) is 8.98. The molecule has 1 fully saturated rings. The van der Waals surface area contributed by atoms with Crippen molar-refractivity contribution in [1.82, 2.24) is 20.5 Å². The van der Waals surface area contributed by atoms with Crippen molar-refractivity contribution in [2.24, 2.45) is 11.0 Å². The van der Waals surface area contributed by atoms with E-state index in [-0.39, 0.29) is 17.9 Å². The van der Waals surface area contributed by atoms with Gasteiger partial charge in [-0.15, -0.1) is 0 Å². The van der Waals surface area contributed by atoms with Gasteiger partial charge in [0, 0.05) is 48.7 Å². The van der Waals surface area contributed by atoms with Crippen molar-refractivity contribution in [3.05, 3.63) is 59.8 Å². The fraction of sp³-hybridized carbons (Fsp3) is 0.308. The lowest BCUT2D eigenvalue weighted by Crippen LogP contribution is -2.36. The second kappa shape index (κ2) is 10.7. The van der Waals surface area contributed by atoms with Crippen LogP contribution in [0, 0.1) is 5.92 Å². The third kappa shape index (κ3) is 5.61. The second-order valence-electron chi connectivity index (χ2n) is 8.98. The highest BCUT2D eigenvalue weighted by atomic mass is 16.5. The topological polar surface area (TPSA) is 124 Å². The average Bonchev–Trinajstić information content (AvgIpc) is 3.27. The number of nitrogens with one attached hydrogen (secondary N) is 4. The quantitative estimate of drug-likeness (QED) is 0.424. The number of hydrogen-bond donors (Lipinski definition) is 4. The number of nitrogens with zero attached hydrogens (tertiary/aromatic N) is 3. The zero-order valence-corrected chi connectivity index (χ0v) is 20.1. The zero-order valence-electron chi connectivity index (χ0n) is 20.1. The van der Waals surface area contributed by atoms with E-state index in [0.717, 1.165) is 60.7 Å². The minimum Gasteiger partial charge on any atom is -0.379 e. The molecule has 0 radical (unpaired) electrons. The Morgan fingerprint density at radius 1 is 1.14 bits per heavy atom. The van der Waals surface area contributed by atoms with Crippen LogP contribution in [0.5, 0.6) is 0 Å². The minimum absolute atomic E-state index is 0.0408. The summed E-state index contributed by atoms with van der Waals surface area (Å²) in [6.07, 6.45) is 4.54. The van der Waals surface area contributed by atoms with Gasteiger partial charge in [-0.25, -0.2) is 10.2 Å². The van der Waals surface area contributed by atoms with Gasteiger partial charge in [0.05, 0.1) is 30.1 Å². The van der Waals surface area contributed by atoms with Gasteiger partial charge in [-0.2, -0.15) is 10.2 Å². The Balaban J connectivity index is 1.18. The maximum absolute atomic E-state index is 12.5. The van der Waals surface area contributed by atoms with Crippen LogP contribution >= 0.6 is 0 Å². The number of hydrogen-bond acceptors (Lipinski definition) is 6. The Kier molecular flexibility index (Phi) is 7.06. The molecule has 1 aromatic heterocycles. The molecule has 1 unspecified atom stereocenters. The fourth-order valence-corrected chi connectivity index (χ4v) is 4.36. The maximum atomic E-state index is 12.5. The molecule has 1 saturated heterocycles. The van der Waals surface area contributed by atoms with Crippen LogP contribution in [0.15, 0.2) is 53.6 Å². The largest absolute Gasteiger partial charge is 0.379 e. The number of morpholine rings is 1. The van der Waals surface area contributed by atoms with Crippen LogP contribution in [0.4, 0.5) is 16.2 Å². The molecule has 186 valence electrons. The number of urea groups is 1. The van der Waals surface area contributed by atoms with Gasteiger partial charge >= 0.3 is 6.03 Å². The Morgan fingerprint density at radius 3 is 2.67 bits per heavy atom. The number of fused-ring (bicyclic) bond motifs is 1. The van der Waals surface area contributed by atoms with Crippen LogP contribution in [-0.2, 0) is 9.53 Å². The number of benzene rings is 2. The van der Waals surface area contributed by atoms with Gasteiger partial charge in [0.2, 0.25) is 5.91 Å². The molecule has 3 heterocycles. The van der Waals surface area contributed by atoms with Gasteiger partial charge in [0.15, 0.2) is 0 Å². The van der Waals surface area contributed by atoms with Crippen LogP contribution in [-0.4, -0.2) is 65.6 Å². The molecule has 4 N–H and O–H groups in total. The molecule has 2 aliphatic heterocycles. The molecule has 36 heavy (non-hydrogen) atoms. The molecule has 0 spiro atoms. The summed E-state index contributed by atoms with van der Waals surface area (Å²) in [6.45, 7) is 6.29. The highest BCUT2D eigenvalue weighted by molar-refractivity contribution is 6.06. The molecule has 0 bridgehead atoms. The van der Waals surface area contributed by atoms with Crippen molar-refractivity contribution in [2.45, 2.75) is 13.3 Å². The highest BCUT2D eigenvalue weighted by Gasteiger charge is 2.21. The van der Waals surface area contributed by atoms with Crippen LogP contribution < -0.4 is 16.1 Å². The standard InChI is InChI=1S/C26H29N7O3/c1-17-15-24(34)31-32-25(17)18-4-6-19(7-5-18)27-26(35)28-20-8-9-21-22(29-30-23(21)16-20)3-2-10-33-11-13-36-14-12-33/h2-9,16-17H,10-15H2,1H3,(H,29,30)(H,31,34)(H2,27,28,35)/b3-2+. The van der Waals surface area contributed by atoms with Gasteiger partial charge in [0.25, 0.3) is 0 Å². The first-order valence-corrected chi connectivity index (χ1v) is 12.0. The van der Waals surface area contributed by atoms with Crippen LogP contribution in [0.2, 0.25) is 0 Å². The van der Waals surface area contributed by atoms with E-state index in [1.54, 1.807) is 0 Å². The maximum Gasteiger partial charge on any atom is 0.323 e. The van der Waals surface area contributed by atoms with E-state index in [0.29, 0.717) is 17.8 Å². The molecule has 3 aromatic rings. The zero-order chi connectivity index (χ0) is 24.9. The number of aromatic amines is 1. The Morgan fingerprint density at radius 2 is 1.89 bits per heavy atom. The number of aromatic nitrogens is 2. The summed E-state index contributed by atoms with van der Waals surface area (Å²) < 4.78 is 5.38. The van der Waals surface area contributed by atoms with Crippen molar-refractivity contribution < 1.29 is 14.3 Å². The van der Waals surface area contributed by atoms with Crippen molar-refractivity contribution in [3.8, 4) is 0 Å². The summed E-state index contributed by atoms with van der Waals surface area (Å²) in [4.78, 5) is 26.3. The lowest BCUT2D eigenvalue weighted by molar-refractivity contribution is -0.121. The normalized spacial score (nSPS) is 18.8. The van der Waals surface area contributed by atoms with Gasteiger partial charge in [-0.3, -0.25) is 14.8 Å². The SMILES string of the molecule is CC1CC(=O)NN=C1c1ccc(NC(=O)Nc2ccc3c(/C=C/CN4CCOCC4)n[nH]c3c2)cc1. The summed E-state index contributed by atoms with van der Waals surface area (Å²) in [6, 6.07) is 12.7. The molecule has 5 rings (SSSR count). The van der Waals surface area contributed by atoms with E-state index < -0.39 is 0 Å². The first kappa shape index (κ1) is 23.7. The molecule has 0 aliphatic carbocycles. The average molecular weight is 488 g/mol. The molecular weight excluding hydrogens is 458 g/mol. The van der Waals surface area contributed by atoms with Gasteiger partial charge in [-0.1, -0.05) is 25.1 Å². The summed E-state index contributed by atoms with van der Waals surface area (Å²) in [7, 11) is 0. The van der Waals surface area contributed by atoms with Crippen molar-refractivity contribution in [3.63, 3.8) is 0 Å². The number of carbonyl (C=O) groups excluding carboxylic acids is 2. The molecular formula is C26H29N7O3. The van der Waals surface area contributed by atoms with Crippen LogP contribution in [0.1, 0.15) is 24.6 Å². The van der Waals surface area contributed by atoms with E-state index in [9.17, 15) is 9.59 Å². The van der Waals surface area contributed by atoms with E-state index in [1.165, 1.54) is 0 Å². The molecule has 1 atom stereocenters. The third-order valence-corrected chi connectivity index (χ3v) is 6.29. The lowest BCUT2D eigenvalue weighted by atomic mass is 9.94. The van der Waals surface area contributed by atoms with E-state index in [4.69, 9.17) is 4.74 Å². The van der Waals surface area contributed by atoms with E-state index in [1.807, 2.05) is 55.5 Å². The summed E-state index contributed by atoms with van der Waals surface area (Å²) >= 11 is 0. The molecule has 10 heteroatoms. The summed E-state index contributed by atoms with van der Waals surface area (Å²) in [5.41, 5.74) is 7.28. The highest BCUT2D eigenvalue weighted by Crippen LogP contribution is 2.22. The first-order valence-electron chi connectivity index (χ1n) is 12.0. The summed E-state index contributed by atoms with van der Waals surface area (Å²) in [5, 5.41) is 18.3. The molecule has 2 aromatic carbocycles. The fourth-order valence-electron chi connectivity index (χ4n) is 4.36. The third-order valence-electron chi connectivity index (χ3n) is 6.29. The molecule has 2 aliphatic rings. The predicted octanol–water partition coefficient (Wildman–Crippen LogP) is 3.41.